The summed E-state index contributed by atoms with van der Waals surface area (Å²) in [4.78, 5) is 0. The molecular weight excluding hydrogens is 190 g/mol. The fourth-order valence-corrected chi connectivity index (χ4v) is 1.51. The lowest BCUT2D eigenvalue weighted by Crippen LogP contribution is -2.15. The highest BCUT2D eigenvalue weighted by molar-refractivity contribution is 5.28. The van der Waals surface area contributed by atoms with Crippen molar-refractivity contribution in [2.75, 3.05) is 6.54 Å². The van der Waals surface area contributed by atoms with Crippen molar-refractivity contribution < 1.29 is 0 Å². The molecule has 0 bridgehead atoms. The number of tetrazole rings is 1. The molecule has 1 heterocycles. The van der Waals surface area contributed by atoms with Gasteiger partial charge in [-0.2, -0.15) is 5.21 Å². The van der Waals surface area contributed by atoms with E-state index in [1.165, 1.54) is 5.56 Å². The fraction of sp³-hybridized carbons (Fsp3) is 0.300. The van der Waals surface area contributed by atoms with Gasteiger partial charge in [-0.1, -0.05) is 35.0 Å². The molecule has 0 amide bonds. The van der Waals surface area contributed by atoms with E-state index >= 15 is 0 Å². The van der Waals surface area contributed by atoms with Gasteiger partial charge in [-0.05, 0) is 12.5 Å². The summed E-state index contributed by atoms with van der Waals surface area (Å²) < 4.78 is 0. The van der Waals surface area contributed by atoms with Crippen LogP contribution in [0.1, 0.15) is 22.9 Å². The van der Waals surface area contributed by atoms with Crippen LogP contribution in [-0.4, -0.2) is 27.2 Å². The van der Waals surface area contributed by atoms with E-state index in [9.17, 15) is 0 Å². The van der Waals surface area contributed by atoms with Crippen molar-refractivity contribution in [2.24, 2.45) is 5.73 Å². The Balaban J connectivity index is 2.31. The molecule has 2 rings (SSSR count). The fourth-order valence-electron chi connectivity index (χ4n) is 1.51. The van der Waals surface area contributed by atoms with Crippen molar-refractivity contribution in [1.29, 1.82) is 0 Å². The third kappa shape index (κ3) is 2.02. The molecule has 5 heteroatoms. The monoisotopic (exact) mass is 203 g/mol. The number of rotatable bonds is 3. The molecule has 5 nitrogen and oxygen atoms in total. The molecule has 0 aliphatic heterocycles. The second kappa shape index (κ2) is 4.18. The molecule has 0 saturated heterocycles. The molecule has 15 heavy (non-hydrogen) atoms. The summed E-state index contributed by atoms with van der Waals surface area (Å²) in [5.41, 5.74) is 8.05. The minimum atomic E-state index is 0.0179. The average molecular weight is 203 g/mol. The van der Waals surface area contributed by atoms with Gasteiger partial charge in [-0.3, -0.25) is 0 Å². The Hall–Kier alpha value is -1.75. The van der Waals surface area contributed by atoms with Crippen molar-refractivity contribution in [3.05, 3.63) is 41.2 Å². The van der Waals surface area contributed by atoms with Gasteiger partial charge in [0.25, 0.3) is 0 Å². The van der Waals surface area contributed by atoms with Crippen LogP contribution in [-0.2, 0) is 0 Å². The van der Waals surface area contributed by atoms with Gasteiger partial charge in [0.1, 0.15) is 0 Å². The Morgan fingerprint density at radius 1 is 1.33 bits per heavy atom. The predicted molar refractivity (Wildman–Crippen MR) is 56.3 cm³/mol. The van der Waals surface area contributed by atoms with Crippen molar-refractivity contribution in [3.63, 3.8) is 0 Å². The van der Waals surface area contributed by atoms with E-state index in [2.05, 4.69) is 39.7 Å². The van der Waals surface area contributed by atoms with Gasteiger partial charge < -0.3 is 5.73 Å². The number of hydrogen-bond donors (Lipinski definition) is 2. The number of benzene rings is 1. The third-order valence-electron chi connectivity index (χ3n) is 2.39. The van der Waals surface area contributed by atoms with Crippen LogP contribution in [0.15, 0.2) is 24.3 Å². The number of aromatic amines is 1. The molecule has 0 saturated carbocycles. The number of nitrogens with zero attached hydrogens (tertiary/aromatic N) is 3. The van der Waals surface area contributed by atoms with E-state index in [0.29, 0.717) is 12.4 Å². The summed E-state index contributed by atoms with van der Waals surface area (Å²) in [7, 11) is 0. The number of H-pyrrole nitrogens is 1. The smallest absolute Gasteiger partial charge is 0.183 e. The van der Waals surface area contributed by atoms with E-state index in [-0.39, 0.29) is 5.92 Å². The minimum absolute atomic E-state index is 0.0179. The first-order valence-corrected chi connectivity index (χ1v) is 4.81. The first-order chi connectivity index (χ1) is 7.31. The van der Waals surface area contributed by atoms with Crippen LogP contribution in [0.5, 0.6) is 0 Å². The zero-order valence-corrected chi connectivity index (χ0v) is 8.51. The Labute approximate surface area is 87.7 Å². The Kier molecular flexibility index (Phi) is 2.73. The molecule has 0 aliphatic carbocycles. The van der Waals surface area contributed by atoms with Crippen molar-refractivity contribution in [2.45, 2.75) is 12.8 Å². The molecule has 0 aliphatic rings. The summed E-state index contributed by atoms with van der Waals surface area (Å²) in [5.74, 6) is 0.658. The van der Waals surface area contributed by atoms with Crippen molar-refractivity contribution in [1.82, 2.24) is 20.6 Å². The highest BCUT2D eigenvalue weighted by atomic mass is 15.5. The summed E-state index contributed by atoms with van der Waals surface area (Å²) >= 11 is 0. The van der Waals surface area contributed by atoms with Gasteiger partial charge in [0.15, 0.2) is 5.82 Å². The number of nitrogens with two attached hydrogens (primary N) is 1. The van der Waals surface area contributed by atoms with Crippen LogP contribution in [0.2, 0.25) is 0 Å². The van der Waals surface area contributed by atoms with E-state index < -0.39 is 0 Å². The van der Waals surface area contributed by atoms with E-state index in [1.54, 1.807) is 0 Å². The predicted octanol–water partition coefficient (Wildman–Crippen LogP) is 0.599. The molecule has 1 aromatic carbocycles. The molecule has 3 N–H and O–H groups in total. The summed E-state index contributed by atoms with van der Waals surface area (Å²) in [6, 6.07) is 8.20. The van der Waals surface area contributed by atoms with Gasteiger partial charge in [-0.25, -0.2) is 0 Å². The van der Waals surface area contributed by atoms with Gasteiger partial charge >= 0.3 is 0 Å². The standard InChI is InChI=1S/C10H13N5/c1-7-2-4-8(5-3-7)9(6-11)10-12-14-15-13-10/h2-5,9H,6,11H2,1H3,(H,12,13,14,15). The van der Waals surface area contributed by atoms with Gasteiger partial charge in [-0.15, -0.1) is 10.2 Å². The maximum Gasteiger partial charge on any atom is 0.183 e. The zero-order chi connectivity index (χ0) is 10.7. The van der Waals surface area contributed by atoms with Gasteiger partial charge in [0.05, 0.1) is 5.92 Å². The molecule has 0 spiro atoms. The zero-order valence-electron chi connectivity index (χ0n) is 8.51. The molecule has 1 atom stereocenters. The lowest BCUT2D eigenvalue weighted by atomic mass is 9.98. The van der Waals surface area contributed by atoms with Crippen LogP contribution in [0.4, 0.5) is 0 Å². The largest absolute Gasteiger partial charge is 0.329 e. The van der Waals surface area contributed by atoms with E-state index in [1.807, 2.05) is 12.1 Å². The maximum atomic E-state index is 5.71. The minimum Gasteiger partial charge on any atom is -0.329 e. The first-order valence-electron chi connectivity index (χ1n) is 4.81. The third-order valence-corrected chi connectivity index (χ3v) is 2.39. The maximum absolute atomic E-state index is 5.71. The Morgan fingerprint density at radius 2 is 2.07 bits per heavy atom. The summed E-state index contributed by atoms with van der Waals surface area (Å²) in [6.07, 6.45) is 0. The van der Waals surface area contributed by atoms with E-state index in [4.69, 9.17) is 5.73 Å². The average Bonchev–Trinajstić information content (AvgIpc) is 2.75. The van der Waals surface area contributed by atoms with Crippen LogP contribution >= 0.6 is 0 Å². The van der Waals surface area contributed by atoms with E-state index in [0.717, 1.165) is 5.56 Å². The normalized spacial score (nSPS) is 12.7. The number of nitrogens with one attached hydrogen (secondary N) is 1. The summed E-state index contributed by atoms with van der Waals surface area (Å²) in [5, 5.41) is 13.9. The molecule has 0 fully saturated rings. The second-order valence-electron chi connectivity index (χ2n) is 3.47. The number of hydrogen-bond acceptors (Lipinski definition) is 4. The topological polar surface area (TPSA) is 80.5 Å². The van der Waals surface area contributed by atoms with Gasteiger partial charge in [0, 0.05) is 6.54 Å². The summed E-state index contributed by atoms with van der Waals surface area (Å²) in [6.45, 7) is 2.53. The highest BCUT2D eigenvalue weighted by Gasteiger charge is 2.16. The lowest BCUT2D eigenvalue weighted by molar-refractivity contribution is 0.752. The van der Waals surface area contributed by atoms with Crippen LogP contribution in [0.3, 0.4) is 0 Å². The Bertz CT molecular complexity index is 406. The number of aryl methyl sites for hydroxylation is 1. The van der Waals surface area contributed by atoms with Crippen LogP contribution in [0, 0.1) is 6.92 Å². The number of aromatic nitrogens is 4. The molecule has 0 radical (unpaired) electrons. The molecule has 1 unspecified atom stereocenters. The van der Waals surface area contributed by atoms with Crippen molar-refractivity contribution in [3.8, 4) is 0 Å². The molecule has 78 valence electrons. The highest BCUT2D eigenvalue weighted by Crippen LogP contribution is 2.19. The van der Waals surface area contributed by atoms with Crippen LogP contribution < -0.4 is 5.73 Å². The first kappa shape index (κ1) is 9.79. The molecule has 1 aromatic heterocycles. The Morgan fingerprint density at radius 3 is 2.60 bits per heavy atom. The second-order valence-corrected chi connectivity index (χ2v) is 3.47. The lowest BCUT2D eigenvalue weighted by Gasteiger charge is -2.10. The van der Waals surface area contributed by atoms with Crippen molar-refractivity contribution >= 4 is 0 Å². The molecule has 2 aromatic rings. The van der Waals surface area contributed by atoms with Crippen LogP contribution in [0.25, 0.3) is 0 Å². The quantitative estimate of drug-likeness (QED) is 0.765. The molecular formula is C10H13N5. The van der Waals surface area contributed by atoms with Gasteiger partial charge in [0.2, 0.25) is 0 Å². The SMILES string of the molecule is Cc1ccc(C(CN)c2nn[nH]n2)cc1.